The first-order valence-electron chi connectivity index (χ1n) is 8.02. The number of para-hydroxylation sites is 1. The molecule has 0 fully saturated rings. The van der Waals surface area contributed by atoms with Gasteiger partial charge in [-0.25, -0.2) is 4.39 Å². The average Bonchev–Trinajstić information content (AvgIpc) is 2.53. The fourth-order valence-corrected chi connectivity index (χ4v) is 3.51. The van der Waals surface area contributed by atoms with Gasteiger partial charge in [0.1, 0.15) is 5.82 Å². The number of carbonyl (C=O) groups excluding carboxylic acids is 1. The highest BCUT2D eigenvalue weighted by atomic mass is 32.2. The van der Waals surface area contributed by atoms with Crippen molar-refractivity contribution >= 4 is 23.4 Å². The third kappa shape index (κ3) is 5.35. The summed E-state index contributed by atoms with van der Waals surface area (Å²) >= 11 is 1.48. The number of hydrogen-bond donors (Lipinski definition) is 2. The Balaban J connectivity index is 1.79. The number of carbonyl (C=O) groups is 1. The van der Waals surface area contributed by atoms with E-state index in [1.165, 1.54) is 17.8 Å². The summed E-state index contributed by atoms with van der Waals surface area (Å²) in [6.07, 6.45) is 0. The lowest BCUT2D eigenvalue weighted by molar-refractivity contribution is -0.868. The maximum Gasteiger partial charge on any atom is 0.279 e. The van der Waals surface area contributed by atoms with Crippen LogP contribution in [0.5, 0.6) is 0 Å². The molecule has 128 valence electrons. The van der Waals surface area contributed by atoms with E-state index in [1.807, 2.05) is 45.2 Å². The number of likely N-dealkylation sites (N-methyl/N-ethyl adjacent to an activating group) is 1. The number of thioether (sulfide) groups is 1. The zero-order valence-corrected chi connectivity index (χ0v) is 15.2. The smallest absolute Gasteiger partial charge is 0.279 e. The van der Waals surface area contributed by atoms with Crippen molar-refractivity contribution in [1.29, 1.82) is 0 Å². The largest absolute Gasteiger partial charge is 0.329 e. The quantitative estimate of drug-likeness (QED) is 0.755. The predicted molar refractivity (Wildman–Crippen MR) is 98.3 cm³/mol. The number of rotatable bonds is 7. The van der Waals surface area contributed by atoms with Gasteiger partial charge in [-0.05, 0) is 37.1 Å². The van der Waals surface area contributed by atoms with Gasteiger partial charge in [0, 0.05) is 16.3 Å². The van der Waals surface area contributed by atoms with E-state index in [-0.39, 0.29) is 11.7 Å². The third-order valence-electron chi connectivity index (χ3n) is 3.83. The van der Waals surface area contributed by atoms with E-state index in [4.69, 9.17) is 0 Å². The second-order valence-electron chi connectivity index (χ2n) is 5.98. The van der Waals surface area contributed by atoms with Gasteiger partial charge in [-0.1, -0.05) is 30.3 Å². The van der Waals surface area contributed by atoms with Crippen LogP contribution in [-0.2, 0) is 4.79 Å². The summed E-state index contributed by atoms with van der Waals surface area (Å²) in [5, 5.41) is 3.00. The molecule has 2 N–H and O–H groups in total. The van der Waals surface area contributed by atoms with Gasteiger partial charge in [-0.3, -0.25) is 4.79 Å². The average molecular weight is 347 g/mol. The Morgan fingerprint density at radius 3 is 2.46 bits per heavy atom. The molecule has 0 bridgehead atoms. The highest BCUT2D eigenvalue weighted by Gasteiger charge is 2.12. The summed E-state index contributed by atoms with van der Waals surface area (Å²) in [7, 11) is 1.98. The summed E-state index contributed by atoms with van der Waals surface area (Å²) < 4.78 is 13.6. The lowest BCUT2D eigenvalue weighted by Crippen LogP contribution is -3.10. The molecule has 3 nitrogen and oxygen atoms in total. The Morgan fingerprint density at radius 2 is 1.79 bits per heavy atom. The molecule has 24 heavy (non-hydrogen) atoms. The number of halogens is 1. The first-order chi connectivity index (χ1) is 11.5. The SMILES string of the molecule is Cc1cccc(C)c1NC(=O)C[NH+](C)CCSc1ccccc1F. The van der Waals surface area contributed by atoms with Crippen LogP contribution in [0.25, 0.3) is 0 Å². The van der Waals surface area contributed by atoms with Crippen LogP contribution in [-0.4, -0.2) is 31.8 Å². The van der Waals surface area contributed by atoms with Crippen LogP contribution in [0, 0.1) is 19.7 Å². The number of amides is 1. The molecule has 0 aliphatic rings. The number of anilines is 1. The monoisotopic (exact) mass is 347 g/mol. The minimum atomic E-state index is -0.187. The first-order valence-corrected chi connectivity index (χ1v) is 9.00. The Hall–Kier alpha value is -1.85. The molecule has 0 saturated carbocycles. The summed E-state index contributed by atoms with van der Waals surface area (Å²) in [6.45, 7) is 5.17. The molecule has 1 amide bonds. The molecule has 1 unspecified atom stereocenters. The van der Waals surface area contributed by atoms with Crippen molar-refractivity contribution in [3.8, 4) is 0 Å². The van der Waals surface area contributed by atoms with Gasteiger partial charge in [-0.15, -0.1) is 11.8 Å². The number of hydrogen-bond acceptors (Lipinski definition) is 2. The molecule has 2 rings (SSSR count). The number of nitrogens with one attached hydrogen (secondary N) is 2. The molecule has 0 saturated heterocycles. The molecule has 0 aromatic heterocycles. The molecular weight excluding hydrogens is 323 g/mol. The maximum absolute atomic E-state index is 13.6. The maximum atomic E-state index is 13.6. The Bertz CT molecular complexity index is 685. The van der Waals surface area contributed by atoms with Crippen LogP contribution < -0.4 is 10.2 Å². The van der Waals surface area contributed by atoms with Crippen LogP contribution in [0.4, 0.5) is 10.1 Å². The van der Waals surface area contributed by atoms with Gasteiger partial charge in [0.25, 0.3) is 5.91 Å². The van der Waals surface area contributed by atoms with Gasteiger partial charge in [0.15, 0.2) is 6.54 Å². The van der Waals surface area contributed by atoms with E-state index in [0.29, 0.717) is 11.4 Å². The van der Waals surface area contributed by atoms with E-state index in [1.54, 1.807) is 12.1 Å². The Morgan fingerprint density at radius 1 is 1.12 bits per heavy atom. The van der Waals surface area contributed by atoms with Crippen LogP contribution >= 0.6 is 11.8 Å². The van der Waals surface area contributed by atoms with Crippen LogP contribution in [0.2, 0.25) is 0 Å². The topological polar surface area (TPSA) is 33.5 Å². The zero-order chi connectivity index (χ0) is 17.5. The van der Waals surface area contributed by atoms with Gasteiger partial charge in [-0.2, -0.15) is 0 Å². The van der Waals surface area contributed by atoms with Crippen molar-refractivity contribution in [2.45, 2.75) is 18.7 Å². The molecule has 1 atom stereocenters. The zero-order valence-electron chi connectivity index (χ0n) is 14.4. The van der Waals surface area contributed by atoms with Crippen molar-refractivity contribution in [3.05, 3.63) is 59.4 Å². The van der Waals surface area contributed by atoms with Crippen molar-refractivity contribution in [1.82, 2.24) is 0 Å². The molecule has 0 aliphatic heterocycles. The minimum absolute atomic E-state index is 0.000733. The summed E-state index contributed by atoms with van der Waals surface area (Å²) in [4.78, 5) is 14.0. The van der Waals surface area contributed by atoms with Gasteiger partial charge < -0.3 is 10.2 Å². The first kappa shape index (κ1) is 18.5. The van der Waals surface area contributed by atoms with Gasteiger partial charge in [0.05, 0.1) is 13.6 Å². The molecule has 2 aromatic carbocycles. The number of quaternary nitrogens is 1. The van der Waals surface area contributed by atoms with Gasteiger partial charge in [0.2, 0.25) is 0 Å². The van der Waals surface area contributed by atoms with Crippen LogP contribution in [0.1, 0.15) is 11.1 Å². The van der Waals surface area contributed by atoms with E-state index in [0.717, 1.165) is 34.0 Å². The molecule has 2 aromatic rings. The molecular formula is C19H24FN2OS+. The number of benzene rings is 2. The fraction of sp³-hybridized carbons (Fsp3) is 0.316. The van der Waals surface area contributed by atoms with Crippen molar-refractivity contribution in [3.63, 3.8) is 0 Å². The lowest BCUT2D eigenvalue weighted by atomic mass is 10.1. The van der Waals surface area contributed by atoms with Gasteiger partial charge >= 0.3 is 0 Å². The van der Waals surface area contributed by atoms with Crippen LogP contribution in [0.3, 0.4) is 0 Å². The predicted octanol–water partition coefficient (Wildman–Crippen LogP) is 2.69. The third-order valence-corrected chi connectivity index (χ3v) is 4.88. The molecule has 0 spiro atoms. The van der Waals surface area contributed by atoms with E-state index >= 15 is 0 Å². The Labute approximate surface area is 147 Å². The summed E-state index contributed by atoms with van der Waals surface area (Å²) in [6, 6.07) is 12.7. The molecule has 0 heterocycles. The van der Waals surface area contributed by atoms with E-state index < -0.39 is 0 Å². The normalized spacial score (nSPS) is 12.0. The fourth-order valence-electron chi connectivity index (χ4n) is 2.45. The lowest BCUT2D eigenvalue weighted by Gasteiger charge is -2.15. The second kappa shape index (κ2) is 8.85. The Kier molecular flexibility index (Phi) is 6.82. The second-order valence-corrected chi connectivity index (χ2v) is 7.11. The standard InChI is InChI=1S/C19H23FN2OS/c1-14-7-6-8-15(2)19(14)21-18(23)13-22(3)11-12-24-17-10-5-4-9-16(17)20/h4-10H,11-13H2,1-3H3,(H,21,23)/p+1. The van der Waals surface area contributed by atoms with Crippen molar-refractivity contribution in [2.75, 3.05) is 31.2 Å². The minimum Gasteiger partial charge on any atom is -0.329 e. The van der Waals surface area contributed by atoms with Crippen molar-refractivity contribution < 1.29 is 14.1 Å². The van der Waals surface area contributed by atoms with Crippen molar-refractivity contribution in [2.24, 2.45) is 0 Å². The summed E-state index contributed by atoms with van der Waals surface area (Å²) in [5.41, 5.74) is 3.03. The van der Waals surface area contributed by atoms with E-state index in [2.05, 4.69) is 5.32 Å². The molecule has 5 heteroatoms. The summed E-state index contributed by atoms with van der Waals surface area (Å²) in [5.74, 6) is 0.581. The molecule has 0 aliphatic carbocycles. The number of aryl methyl sites for hydroxylation is 2. The highest BCUT2D eigenvalue weighted by molar-refractivity contribution is 7.99. The van der Waals surface area contributed by atoms with E-state index in [9.17, 15) is 9.18 Å². The van der Waals surface area contributed by atoms with Crippen LogP contribution in [0.15, 0.2) is 47.4 Å². The molecule has 0 radical (unpaired) electrons. The highest BCUT2D eigenvalue weighted by Crippen LogP contribution is 2.20.